The van der Waals surface area contributed by atoms with Crippen LogP contribution in [0.3, 0.4) is 0 Å². The van der Waals surface area contributed by atoms with E-state index < -0.39 is 29.2 Å². The molecule has 0 fully saturated rings. The van der Waals surface area contributed by atoms with E-state index >= 15 is 0 Å². The van der Waals surface area contributed by atoms with Gasteiger partial charge in [-0.1, -0.05) is 11.6 Å². The molecule has 1 aromatic rings. The molecule has 0 unspecified atom stereocenters. The Morgan fingerprint density at radius 2 is 1.75 bits per heavy atom. The molecule has 1 aromatic carbocycles. The van der Waals surface area contributed by atoms with Crippen LogP contribution in [0.4, 0.5) is 4.39 Å². The quantitative estimate of drug-likeness (QED) is 0.206. The molecule has 9 nitrogen and oxygen atoms in total. The summed E-state index contributed by atoms with van der Waals surface area (Å²) in [6, 6.07) is 1.18. The molecule has 28 heavy (non-hydrogen) atoms. The van der Waals surface area contributed by atoms with E-state index in [1.165, 1.54) is 27.2 Å². The van der Waals surface area contributed by atoms with Crippen molar-refractivity contribution in [3.05, 3.63) is 38.1 Å². The van der Waals surface area contributed by atoms with Crippen molar-refractivity contribution in [1.82, 2.24) is 0 Å². The number of nitrogens with zero attached hydrogens (tertiary/aromatic N) is 1. The number of benzene rings is 1. The molecule has 0 amide bonds. The van der Waals surface area contributed by atoms with Crippen molar-refractivity contribution >= 4 is 29.3 Å². The first-order chi connectivity index (χ1) is 13.1. The summed E-state index contributed by atoms with van der Waals surface area (Å²) in [6.07, 6.45) is -0.498. The maximum Gasteiger partial charge on any atom is 0.316 e. The number of hydrogen-bond donors (Lipinski definition) is 0. The molecule has 156 valence electrons. The number of ketones is 1. The monoisotopic (exact) mass is 421 g/mol. The Balaban J connectivity index is 0.000000684. The number of Topliss-reactive ketones (excluding diaryl/α,β-unsaturated/α-hetero) is 1. The Hall–Kier alpha value is -2.75. The molecule has 0 atom stereocenters. The minimum atomic E-state index is -0.781. The normalized spacial score (nSPS) is 9.64. The highest BCUT2D eigenvalue weighted by Crippen LogP contribution is 2.32. The standard InChI is InChI=1S/C12H13ClFNO4.C5H8O4/c1-3-19-12-8(4-5-15(17)18)11(14)10(13)6-9(12)7(2)16;1-8-4(6)3-5(7)9-2/h6H,3-5H2,1-2H3;3H2,1-2H3. The molecule has 0 saturated heterocycles. The van der Waals surface area contributed by atoms with Crippen LogP contribution in [-0.2, 0) is 25.5 Å². The third-order valence-corrected chi connectivity index (χ3v) is 3.50. The highest BCUT2D eigenvalue weighted by molar-refractivity contribution is 6.31. The van der Waals surface area contributed by atoms with Crippen LogP contribution in [0, 0.1) is 15.9 Å². The van der Waals surface area contributed by atoms with Gasteiger partial charge in [0.2, 0.25) is 6.54 Å². The lowest BCUT2D eigenvalue weighted by atomic mass is 10.0. The first-order valence-corrected chi connectivity index (χ1v) is 8.36. The van der Waals surface area contributed by atoms with Gasteiger partial charge in [0.1, 0.15) is 18.0 Å². The minimum absolute atomic E-state index is 0.0312. The van der Waals surface area contributed by atoms with Gasteiger partial charge in [-0.3, -0.25) is 24.5 Å². The third-order valence-electron chi connectivity index (χ3n) is 3.22. The molecule has 0 aromatic heterocycles. The largest absolute Gasteiger partial charge is 0.493 e. The molecule has 0 radical (unpaired) electrons. The maximum absolute atomic E-state index is 13.9. The first kappa shape index (κ1) is 25.2. The molecular weight excluding hydrogens is 401 g/mol. The van der Waals surface area contributed by atoms with Crippen molar-refractivity contribution in [2.75, 3.05) is 27.4 Å². The zero-order chi connectivity index (χ0) is 21.9. The fourth-order valence-corrected chi connectivity index (χ4v) is 2.14. The second kappa shape index (κ2) is 12.6. The minimum Gasteiger partial charge on any atom is -0.493 e. The lowest BCUT2D eigenvalue weighted by Gasteiger charge is -2.14. The molecule has 0 saturated carbocycles. The van der Waals surface area contributed by atoms with Gasteiger partial charge in [0.05, 0.1) is 31.4 Å². The molecule has 0 aliphatic heterocycles. The Morgan fingerprint density at radius 1 is 1.21 bits per heavy atom. The summed E-state index contributed by atoms with van der Waals surface area (Å²) in [5.74, 6) is -2.24. The molecule has 1 rings (SSSR count). The average molecular weight is 422 g/mol. The number of carbonyl (C=O) groups is 3. The average Bonchev–Trinajstić information content (AvgIpc) is 2.64. The number of esters is 2. The molecule has 0 heterocycles. The fraction of sp³-hybridized carbons (Fsp3) is 0.471. The summed E-state index contributed by atoms with van der Waals surface area (Å²) in [6.45, 7) is 2.72. The highest BCUT2D eigenvalue weighted by Gasteiger charge is 2.22. The van der Waals surface area contributed by atoms with Gasteiger partial charge in [0.15, 0.2) is 5.78 Å². The zero-order valence-electron chi connectivity index (χ0n) is 15.9. The predicted octanol–water partition coefficient (Wildman–Crippen LogP) is 2.62. The number of halogens is 2. The lowest BCUT2D eigenvalue weighted by Crippen LogP contribution is -2.11. The van der Waals surface area contributed by atoms with Crippen molar-refractivity contribution in [1.29, 1.82) is 0 Å². The van der Waals surface area contributed by atoms with Crippen LogP contribution in [0.5, 0.6) is 5.75 Å². The smallest absolute Gasteiger partial charge is 0.316 e. The molecule has 0 N–H and O–H groups in total. The first-order valence-electron chi connectivity index (χ1n) is 7.98. The summed E-state index contributed by atoms with van der Waals surface area (Å²) in [5, 5.41) is 10.2. The van der Waals surface area contributed by atoms with E-state index in [0.717, 1.165) is 0 Å². The maximum atomic E-state index is 13.9. The number of carbonyl (C=O) groups excluding carboxylic acids is 3. The number of methoxy groups -OCH3 is 2. The van der Waals surface area contributed by atoms with Crippen molar-refractivity contribution in [3.63, 3.8) is 0 Å². The number of nitro groups is 1. The van der Waals surface area contributed by atoms with Gasteiger partial charge in [-0.2, -0.15) is 0 Å². The van der Waals surface area contributed by atoms with Gasteiger partial charge >= 0.3 is 11.9 Å². The third kappa shape index (κ3) is 8.30. The van der Waals surface area contributed by atoms with Crippen molar-refractivity contribution < 1.29 is 37.9 Å². The molecule has 0 bridgehead atoms. The van der Waals surface area contributed by atoms with E-state index in [1.54, 1.807) is 6.92 Å². The van der Waals surface area contributed by atoms with Crippen molar-refractivity contribution in [3.8, 4) is 5.75 Å². The molecule has 0 aliphatic rings. The van der Waals surface area contributed by atoms with E-state index in [-0.39, 0.29) is 47.1 Å². The van der Waals surface area contributed by atoms with Crippen LogP contribution in [0.1, 0.15) is 36.2 Å². The summed E-state index contributed by atoms with van der Waals surface area (Å²) in [7, 11) is 2.43. The summed E-state index contributed by atoms with van der Waals surface area (Å²) in [5.41, 5.74) is 0.0999. The van der Waals surface area contributed by atoms with Crippen molar-refractivity contribution in [2.45, 2.75) is 26.7 Å². The second-order valence-corrected chi connectivity index (χ2v) is 5.56. The Bertz CT molecular complexity index is 724. The van der Waals surface area contributed by atoms with E-state index in [0.29, 0.717) is 0 Å². The van der Waals surface area contributed by atoms with Gasteiger partial charge in [-0.25, -0.2) is 4.39 Å². The Labute approximate surface area is 165 Å². The molecule has 0 aliphatic carbocycles. The summed E-state index contributed by atoms with van der Waals surface area (Å²) < 4.78 is 27.6. The summed E-state index contributed by atoms with van der Waals surface area (Å²) in [4.78, 5) is 41.8. The molecule has 11 heteroatoms. The van der Waals surface area contributed by atoms with Gasteiger partial charge < -0.3 is 14.2 Å². The number of rotatable bonds is 8. The van der Waals surface area contributed by atoms with Crippen LogP contribution in [-0.4, -0.2) is 50.0 Å². The van der Waals surface area contributed by atoms with Gasteiger partial charge in [0.25, 0.3) is 0 Å². The van der Waals surface area contributed by atoms with Crippen molar-refractivity contribution in [2.24, 2.45) is 0 Å². The Morgan fingerprint density at radius 3 is 2.14 bits per heavy atom. The van der Waals surface area contributed by atoms with Crippen LogP contribution < -0.4 is 4.74 Å². The van der Waals surface area contributed by atoms with Crippen LogP contribution >= 0.6 is 11.6 Å². The molecular formula is C17H21ClFNO8. The fourth-order valence-electron chi connectivity index (χ4n) is 1.92. The van der Waals surface area contributed by atoms with Gasteiger partial charge in [0, 0.05) is 16.9 Å². The van der Waals surface area contributed by atoms with Gasteiger partial charge in [-0.15, -0.1) is 0 Å². The summed E-state index contributed by atoms with van der Waals surface area (Å²) >= 11 is 5.70. The van der Waals surface area contributed by atoms with E-state index in [4.69, 9.17) is 16.3 Å². The topological polar surface area (TPSA) is 122 Å². The lowest BCUT2D eigenvalue weighted by molar-refractivity contribution is -0.479. The van der Waals surface area contributed by atoms with Crippen LogP contribution in [0.15, 0.2) is 6.07 Å². The Kier molecular flexibility index (Phi) is 11.4. The number of ether oxygens (including phenoxy) is 3. The van der Waals surface area contributed by atoms with Crippen LogP contribution in [0.25, 0.3) is 0 Å². The van der Waals surface area contributed by atoms with E-state index in [9.17, 15) is 28.9 Å². The van der Waals surface area contributed by atoms with Crippen LogP contribution in [0.2, 0.25) is 5.02 Å². The molecule has 0 spiro atoms. The van der Waals surface area contributed by atoms with Gasteiger partial charge in [-0.05, 0) is 19.9 Å². The van der Waals surface area contributed by atoms with E-state index in [2.05, 4.69) is 9.47 Å². The SMILES string of the molecule is CCOc1c(C(C)=O)cc(Cl)c(F)c1CC[N+](=O)[O-].COC(=O)CC(=O)OC. The number of hydrogen-bond acceptors (Lipinski definition) is 8. The predicted molar refractivity (Wildman–Crippen MR) is 96.8 cm³/mol. The highest BCUT2D eigenvalue weighted by atomic mass is 35.5. The zero-order valence-corrected chi connectivity index (χ0v) is 16.6. The second-order valence-electron chi connectivity index (χ2n) is 5.15. The van der Waals surface area contributed by atoms with E-state index in [1.807, 2.05) is 0 Å².